The molecule has 0 bridgehead atoms. The highest BCUT2D eigenvalue weighted by Crippen LogP contribution is 2.64. The van der Waals surface area contributed by atoms with Crippen LogP contribution in [0.15, 0.2) is 297 Å². The highest BCUT2D eigenvalue weighted by molar-refractivity contribution is 8.25. The minimum absolute atomic E-state index is 0.0151. The molecule has 3 aliphatic heterocycles. The lowest BCUT2D eigenvalue weighted by molar-refractivity contribution is 0.233. The SMILES string of the molecule is CC#CCOc1ccc(-c2ccc(-c3c4c(c(-c5ccc(-c6ccc(OCC(CC)CCCC)cc6)s5)c5nsnc35)SC(=C(C#N)C#N)S4)c(F)c2)cc1.CC#CCOc1ccc(-c2ccc(-c3c4c(c(-c5ccc(-c6ccc(OCCCC)cc6)cc5)c5nsnc35)SC(=C(C#N)C#N)S4)cc2)cc1.CC#CCOc1ccc(-c2ccc(-c3sc(-c4ccc(-c5ccc(OCCCC)cc5)s4)c4c3N=S=N4)s2)cc1. The van der Waals surface area contributed by atoms with Gasteiger partial charge in [0.2, 0.25) is 0 Å². The van der Waals surface area contributed by atoms with Gasteiger partial charge in [0.15, 0.2) is 0 Å². The third-order valence-corrected chi connectivity index (χ3v) is 35.9. The summed E-state index contributed by atoms with van der Waals surface area (Å²) >= 11 is 16.1. The lowest BCUT2D eigenvalue weighted by Gasteiger charge is -2.15. The summed E-state index contributed by atoms with van der Waals surface area (Å²) in [4.78, 5) is 12.8. The van der Waals surface area contributed by atoms with Crippen LogP contribution in [0.1, 0.15) is 99.8 Å². The molecule has 0 radical (unpaired) electrons. The molecular weight excluding hydrogens is 2030 g/mol. The predicted octanol–water partition coefficient (Wildman–Crippen LogP) is 35.3. The minimum Gasteiger partial charge on any atom is -0.494 e. The van der Waals surface area contributed by atoms with E-state index < -0.39 is 5.82 Å². The zero-order valence-electron chi connectivity index (χ0n) is 80.4. The Labute approximate surface area is 894 Å². The fraction of sp³-hybridized carbons (Fsp3) is 0.186. The smallest absolute Gasteiger partial charge is 0.150 e. The van der Waals surface area contributed by atoms with Crippen LogP contribution in [0.3, 0.4) is 0 Å². The Bertz CT molecular complexity index is 8170. The van der Waals surface area contributed by atoms with Crippen LogP contribution in [-0.4, -0.2) is 57.1 Å². The number of nitriles is 4. The van der Waals surface area contributed by atoms with Gasteiger partial charge in [-0.2, -0.15) is 47.3 Å². The molecule has 28 heteroatoms. The standard InChI is InChI=1S/C44H35FN4O2S4.C42H30N4O2S3.C32H26N2O2S4/c1-4-7-9-27(6-3)26-51-33-17-12-29(13-18-33)36-20-21-37(52-36)39-41-40(48-55-49-41)38(42-43(39)54-44(53-42)31(24-46)25-47)34-19-14-30(23-35(34)45)28-10-15-32(16-11-28)50-22-8-5-2;1-3-5-23-47-34-19-15-29(16-20-34)27-7-11-31(12-8-27)36-38-39(46-51-45-38)37(41-40(36)49-42(50-41)33(25-43)26-44)32-13-9-28(10-14-32)30-17-21-35(22-18-30)48-24-6-4-2;1-3-5-19-35-23-11-7-21(8-12-23)25-15-17-27(37-25)31-29-30(34-40-33-29)32(39-31)28-18-16-26(38-28)22-9-13-24(14-10-22)36-20-6-4-2/h10-21,23,27H,4,6-7,9,22,26H2,1-3H3;7-22H,3,5,23-24H2,1-2H3;7-18H,3,5,19-20H2,1-2H3. The number of fused-ring (bicyclic) bond motifs is 5. The quantitative estimate of drug-likeness (QED) is 0.0212. The highest BCUT2D eigenvalue weighted by Gasteiger charge is 2.36. The Morgan fingerprint density at radius 2 is 0.644 bits per heavy atom. The van der Waals surface area contributed by atoms with Crippen LogP contribution < -0.4 is 28.4 Å². The monoisotopic (exact) mass is 2110 g/mol. The number of rotatable bonds is 33. The lowest BCUT2D eigenvalue weighted by Crippen LogP contribution is -2.11. The first-order chi connectivity index (χ1) is 71.8. The summed E-state index contributed by atoms with van der Waals surface area (Å²) in [6, 6.07) is 91.7. The Hall–Kier alpha value is -14.1. The van der Waals surface area contributed by atoms with Crippen LogP contribution in [0.4, 0.5) is 15.8 Å². The first-order valence-corrected chi connectivity index (χ1v) is 56.1. The van der Waals surface area contributed by atoms with Gasteiger partial charge in [-0.3, -0.25) is 0 Å². The van der Waals surface area contributed by atoms with E-state index >= 15 is 4.39 Å². The number of hydrogen-bond acceptors (Lipinski definition) is 26. The van der Waals surface area contributed by atoms with E-state index in [0.29, 0.717) is 67.7 Å². The second kappa shape index (κ2) is 49.2. The maximum atomic E-state index is 16.4. The van der Waals surface area contributed by atoms with Crippen LogP contribution >= 0.6 is 116 Å². The lowest BCUT2D eigenvalue weighted by atomic mass is 9.95. The number of thiophene rings is 4. The third kappa shape index (κ3) is 23.4. The van der Waals surface area contributed by atoms with E-state index in [2.05, 4.69) is 230 Å². The van der Waals surface area contributed by atoms with E-state index in [0.717, 1.165) is 205 Å². The highest BCUT2D eigenvalue weighted by atomic mass is 32.2. The average molecular weight is 2120 g/mol. The van der Waals surface area contributed by atoms with Crippen molar-refractivity contribution >= 4 is 161 Å². The van der Waals surface area contributed by atoms with Crippen LogP contribution in [0.5, 0.6) is 34.5 Å². The van der Waals surface area contributed by atoms with Crippen LogP contribution in [-0.2, 0) is 11.4 Å². The van der Waals surface area contributed by atoms with Crippen LogP contribution in [0.25, 0.3) is 150 Å². The Balaban J connectivity index is 0.000000145. The van der Waals surface area contributed by atoms with Gasteiger partial charge >= 0.3 is 0 Å². The molecule has 0 saturated heterocycles. The van der Waals surface area contributed by atoms with Crippen LogP contribution in [0, 0.1) is 92.6 Å². The second-order valence-corrected chi connectivity index (χ2v) is 43.9. The Kier molecular flexibility index (Phi) is 34.4. The maximum Gasteiger partial charge on any atom is 0.150 e. The van der Waals surface area contributed by atoms with Gasteiger partial charge in [-0.1, -0.05) is 222 Å². The van der Waals surface area contributed by atoms with E-state index in [1.807, 2.05) is 110 Å². The van der Waals surface area contributed by atoms with E-state index in [1.165, 1.54) is 136 Å². The molecule has 3 aliphatic rings. The predicted molar refractivity (Wildman–Crippen MR) is 606 cm³/mol. The fourth-order valence-electron chi connectivity index (χ4n) is 16.3. The van der Waals surface area contributed by atoms with Gasteiger partial charge in [0.25, 0.3) is 0 Å². The molecule has 20 rings (SSSR count). The average Bonchev–Trinajstić information content (AvgIpc) is 1.56. The Morgan fingerprint density at radius 1 is 0.329 bits per heavy atom. The van der Waals surface area contributed by atoms with Crippen molar-refractivity contribution in [3.05, 3.63) is 274 Å². The van der Waals surface area contributed by atoms with Crippen molar-refractivity contribution in [3.8, 4) is 222 Å². The van der Waals surface area contributed by atoms with E-state index in [1.54, 1.807) is 65.3 Å². The molecule has 17 aromatic rings. The normalized spacial score (nSPS) is 11.9. The zero-order valence-corrected chi connectivity index (χ0v) is 89.4. The number of hydrogen-bond donors (Lipinski definition) is 0. The maximum absolute atomic E-state index is 16.4. The summed E-state index contributed by atoms with van der Waals surface area (Å²) in [6.45, 7) is 17.4. The molecule has 6 aromatic heterocycles. The number of allylic oxidation sites excluding steroid dienone is 2. The van der Waals surface area contributed by atoms with Crippen molar-refractivity contribution in [1.82, 2.24) is 17.5 Å². The summed E-state index contributed by atoms with van der Waals surface area (Å²) in [5, 5.41) is 39.3. The Morgan fingerprint density at radius 3 is 1.02 bits per heavy atom. The third-order valence-electron chi connectivity index (χ3n) is 24.1. The topological polar surface area (TPSA) is 227 Å². The number of halogens is 1. The molecule has 0 saturated carbocycles. The van der Waals surface area contributed by atoms with Crippen molar-refractivity contribution in [2.45, 2.75) is 119 Å². The molecule has 146 heavy (non-hydrogen) atoms. The number of aromatic nitrogens is 4. The first-order valence-electron chi connectivity index (χ1n) is 47.4. The van der Waals surface area contributed by atoms with Gasteiger partial charge in [0, 0.05) is 76.7 Å². The van der Waals surface area contributed by atoms with E-state index in [9.17, 15) is 21.0 Å². The van der Waals surface area contributed by atoms with Gasteiger partial charge in [-0.15, -0.1) is 63.1 Å². The molecule has 722 valence electrons. The molecule has 16 nitrogen and oxygen atoms in total. The number of ether oxygens (including phenoxy) is 6. The molecule has 0 N–H and O–H groups in total. The minimum atomic E-state index is -0.416. The number of benzene rings is 11. The first kappa shape index (κ1) is 102. The summed E-state index contributed by atoms with van der Waals surface area (Å²) in [7, 11) is 0. The molecular formula is C118H91FN10O6S11. The zero-order chi connectivity index (χ0) is 101. The van der Waals surface area contributed by atoms with Crippen molar-refractivity contribution in [2.24, 2.45) is 14.6 Å². The number of thioether (sulfide) groups is 4. The van der Waals surface area contributed by atoms with Crippen molar-refractivity contribution in [3.63, 3.8) is 0 Å². The molecule has 1 atom stereocenters. The van der Waals surface area contributed by atoms with Crippen molar-refractivity contribution in [2.75, 3.05) is 39.6 Å². The second-order valence-electron chi connectivity index (χ2n) is 33.4. The summed E-state index contributed by atoms with van der Waals surface area (Å²) in [6.07, 6.45) is 9.04. The van der Waals surface area contributed by atoms with Crippen molar-refractivity contribution in [1.29, 1.82) is 21.0 Å². The van der Waals surface area contributed by atoms with Crippen molar-refractivity contribution < 1.29 is 32.8 Å². The summed E-state index contributed by atoms with van der Waals surface area (Å²) in [5.74, 6) is 22.3. The molecule has 0 aliphatic carbocycles. The number of unbranched alkanes of at least 4 members (excludes halogenated alkanes) is 3. The molecule has 11 aromatic carbocycles. The largest absolute Gasteiger partial charge is 0.494 e. The molecule has 9 heterocycles. The molecule has 0 amide bonds. The molecule has 0 fully saturated rings. The van der Waals surface area contributed by atoms with Gasteiger partial charge < -0.3 is 28.4 Å². The number of nitrogens with zero attached hydrogens (tertiary/aromatic N) is 10. The van der Waals surface area contributed by atoms with Gasteiger partial charge in [-0.25, -0.2) is 4.39 Å². The van der Waals surface area contributed by atoms with E-state index in [4.69, 9.17) is 45.9 Å². The van der Waals surface area contributed by atoms with Crippen LogP contribution in [0.2, 0.25) is 0 Å². The van der Waals surface area contributed by atoms with Gasteiger partial charge in [-0.05, 0) is 259 Å². The molecule has 1 unspecified atom stereocenters. The molecule has 0 spiro atoms. The summed E-state index contributed by atoms with van der Waals surface area (Å²) in [5.41, 5.74) is 19.9. The van der Waals surface area contributed by atoms with Gasteiger partial charge in [0.1, 0.15) is 129 Å². The summed E-state index contributed by atoms with van der Waals surface area (Å²) < 4.78 is 80.9. The van der Waals surface area contributed by atoms with Gasteiger partial charge in [0.05, 0.1) is 72.9 Å². The van der Waals surface area contributed by atoms with E-state index in [-0.39, 0.29) is 11.1 Å². The fourth-order valence-corrected chi connectivity index (χ4v) is 28.1.